The van der Waals surface area contributed by atoms with Crippen LogP contribution in [0.25, 0.3) is 0 Å². The van der Waals surface area contributed by atoms with Crippen molar-refractivity contribution in [2.24, 2.45) is 0 Å². The number of alkyl halides is 3. The van der Waals surface area contributed by atoms with Crippen LogP contribution >= 0.6 is 0 Å². The van der Waals surface area contributed by atoms with E-state index in [1.54, 1.807) is 18.2 Å². The van der Waals surface area contributed by atoms with E-state index in [2.05, 4.69) is 20.2 Å². The van der Waals surface area contributed by atoms with E-state index in [9.17, 15) is 18.0 Å². The molecule has 0 fully saturated rings. The molecule has 6 nitrogen and oxygen atoms in total. The van der Waals surface area contributed by atoms with Crippen molar-refractivity contribution in [1.29, 1.82) is 5.26 Å². The third-order valence-corrected chi connectivity index (χ3v) is 5.16. The number of carbonyl (C=O) groups is 1. The fraction of sp³-hybridized carbons (Fsp3) is 0.217. The Morgan fingerprint density at radius 2 is 1.88 bits per heavy atom. The molecule has 162 valence electrons. The predicted octanol–water partition coefficient (Wildman–Crippen LogP) is 3.81. The molecule has 4 rings (SSSR count). The van der Waals surface area contributed by atoms with Gasteiger partial charge >= 0.3 is 6.18 Å². The number of hydrogen-bond donors (Lipinski definition) is 1. The first kappa shape index (κ1) is 21.5. The largest absolute Gasteiger partial charge is 0.416 e. The van der Waals surface area contributed by atoms with Crippen LogP contribution in [0.15, 0.2) is 54.9 Å². The van der Waals surface area contributed by atoms with Gasteiger partial charge in [-0.25, -0.2) is 0 Å². The van der Waals surface area contributed by atoms with Crippen LogP contribution in [0, 0.1) is 11.3 Å². The Hall–Kier alpha value is -3.77. The molecule has 0 unspecified atom stereocenters. The lowest BCUT2D eigenvalue weighted by Gasteiger charge is -2.15. The molecule has 2 aromatic heterocycles. The van der Waals surface area contributed by atoms with Gasteiger partial charge in [-0.15, -0.1) is 0 Å². The van der Waals surface area contributed by atoms with E-state index in [4.69, 9.17) is 5.26 Å². The van der Waals surface area contributed by atoms with E-state index in [0.717, 1.165) is 29.0 Å². The van der Waals surface area contributed by atoms with E-state index >= 15 is 0 Å². The minimum atomic E-state index is -4.35. The van der Waals surface area contributed by atoms with Crippen molar-refractivity contribution in [2.75, 3.05) is 0 Å². The number of nitrogens with one attached hydrogen (secondary N) is 1. The number of aromatic nitrogens is 2. The Morgan fingerprint density at radius 3 is 2.53 bits per heavy atom. The second-order valence-electron chi connectivity index (χ2n) is 7.50. The molecule has 9 heteroatoms. The summed E-state index contributed by atoms with van der Waals surface area (Å²) in [5.74, 6) is -0.285. The van der Waals surface area contributed by atoms with Crippen LogP contribution in [0.5, 0.6) is 0 Å². The van der Waals surface area contributed by atoms with Crippen LogP contribution in [0.3, 0.4) is 0 Å². The molecule has 1 aliphatic rings. The lowest BCUT2D eigenvalue weighted by Crippen LogP contribution is -2.23. The quantitative estimate of drug-likeness (QED) is 0.657. The normalized spacial score (nSPS) is 13.4. The Labute approximate surface area is 182 Å². The molecule has 0 bridgehead atoms. The van der Waals surface area contributed by atoms with Gasteiger partial charge in [0.15, 0.2) is 0 Å². The molecule has 1 N–H and O–H groups in total. The molecule has 0 saturated carbocycles. The second-order valence-corrected chi connectivity index (χ2v) is 7.50. The minimum absolute atomic E-state index is 0.224. The summed E-state index contributed by atoms with van der Waals surface area (Å²) in [6.45, 7) is 1.83. The van der Waals surface area contributed by atoms with Crippen molar-refractivity contribution in [3.8, 4) is 6.07 Å². The molecule has 0 saturated heterocycles. The highest BCUT2D eigenvalue weighted by atomic mass is 19.4. The number of nitriles is 1. The first-order valence-corrected chi connectivity index (χ1v) is 9.81. The standard InChI is InChI=1S/C23H18F3N5O/c24-23(25,26)19-4-1-15(2-5-19)12-31-13-18-7-17(10-29-21(18)14-31)22(32)30-11-20-6-3-16(8-27)9-28-20/h1-7,9-10H,11-14H2,(H,30,32). The van der Waals surface area contributed by atoms with Crippen molar-refractivity contribution in [3.05, 3.63) is 94.1 Å². The highest BCUT2D eigenvalue weighted by Crippen LogP contribution is 2.30. The smallest absolute Gasteiger partial charge is 0.346 e. The van der Waals surface area contributed by atoms with Crippen LogP contribution in [-0.2, 0) is 32.4 Å². The van der Waals surface area contributed by atoms with Gasteiger partial charge in [-0.1, -0.05) is 12.1 Å². The predicted molar refractivity (Wildman–Crippen MR) is 109 cm³/mol. The molecule has 1 aromatic carbocycles. The van der Waals surface area contributed by atoms with Crippen molar-refractivity contribution in [2.45, 2.75) is 32.4 Å². The van der Waals surface area contributed by atoms with Gasteiger partial charge < -0.3 is 5.32 Å². The Bertz CT molecular complexity index is 1170. The molecule has 3 heterocycles. The van der Waals surface area contributed by atoms with E-state index in [1.807, 2.05) is 6.07 Å². The third-order valence-electron chi connectivity index (χ3n) is 5.16. The molecule has 3 aromatic rings. The minimum Gasteiger partial charge on any atom is -0.346 e. The highest BCUT2D eigenvalue weighted by molar-refractivity contribution is 5.94. The molecule has 0 radical (unpaired) electrons. The zero-order valence-electron chi connectivity index (χ0n) is 16.9. The molecule has 32 heavy (non-hydrogen) atoms. The van der Waals surface area contributed by atoms with Gasteiger partial charge in [0, 0.05) is 32.0 Å². The van der Waals surface area contributed by atoms with Crippen molar-refractivity contribution in [3.63, 3.8) is 0 Å². The average molecular weight is 437 g/mol. The fourth-order valence-electron chi connectivity index (χ4n) is 3.49. The van der Waals surface area contributed by atoms with E-state index in [1.165, 1.54) is 24.5 Å². The van der Waals surface area contributed by atoms with Crippen molar-refractivity contribution >= 4 is 5.91 Å². The zero-order valence-corrected chi connectivity index (χ0v) is 16.9. The maximum absolute atomic E-state index is 12.7. The summed E-state index contributed by atoms with van der Waals surface area (Å²) >= 11 is 0. The Balaban J connectivity index is 1.35. The monoisotopic (exact) mass is 437 g/mol. The molecule has 0 spiro atoms. The number of fused-ring (bicyclic) bond motifs is 1. The summed E-state index contributed by atoms with van der Waals surface area (Å²) in [5.41, 5.74) is 3.38. The molecule has 0 aliphatic carbocycles. The molecular formula is C23H18F3N5O. The van der Waals surface area contributed by atoms with Crippen molar-refractivity contribution < 1.29 is 18.0 Å². The first-order chi connectivity index (χ1) is 15.3. The number of amides is 1. The van der Waals surface area contributed by atoms with Gasteiger partial charge in [0.1, 0.15) is 6.07 Å². The molecule has 0 atom stereocenters. The highest BCUT2D eigenvalue weighted by Gasteiger charge is 2.30. The SMILES string of the molecule is N#Cc1ccc(CNC(=O)c2cnc3c(c2)CN(Cc2ccc(C(F)(F)F)cc2)C3)nc1. The van der Waals surface area contributed by atoms with Gasteiger partial charge in [0.05, 0.1) is 34.6 Å². The summed E-state index contributed by atoms with van der Waals surface area (Å²) in [4.78, 5) is 23.1. The van der Waals surface area contributed by atoms with Crippen molar-refractivity contribution in [1.82, 2.24) is 20.2 Å². The maximum Gasteiger partial charge on any atom is 0.416 e. The topological polar surface area (TPSA) is 81.9 Å². The number of benzene rings is 1. The summed E-state index contributed by atoms with van der Waals surface area (Å²) in [6, 6.07) is 12.2. The summed E-state index contributed by atoms with van der Waals surface area (Å²) in [5, 5.41) is 11.6. The maximum atomic E-state index is 12.7. The molecule has 1 aliphatic heterocycles. The number of rotatable bonds is 5. The van der Waals surface area contributed by atoms with Gasteiger partial charge in [0.2, 0.25) is 0 Å². The van der Waals surface area contributed by atoms with E-state index in [-0.39, 0.29) is 12.5 Å². The summed E-state index contributed by atoms with van der Waals surface area (Å²) < 4.78 is 38.2. The third kappa shape index (κ3) is 4.92. The second kappa shape index (κ2) is 8.77. The van der Waals surface area contributed by atoms with Gasteiger partial charge in [-0.3, -0.25) is 19.7 Å². The molecular weight excluding hydrogens is 419 g/mol. The van der Waals surface area contributed by atoms with Gasteiger partial charge in [-0.2, -0.15) is 18.4 Å². The lowest BCUT2D eigenvalue weighted by molar-refractivity contribution is -0.137. The summed E-state index contributed by atoms with van der Waals surface area (Å²) in [7, 11) is 0. The Kier molecular flexibility index (Phi) is 5.88. The van der Waals surface area contributed by atoms with Crippen LogP contribution < -0.4 is 5.32 Å². The molecule has 1 amide bonds. The lowest BCUT2D eigenvalue weighted by atomic mass is 10.1. The first-order valence-electron chi connectivity index (χ1n) is 9.81. The van der Waals surface area contributed by atoms with Crippen LogP contribution in [0.4, 0.5) is 13.2 Å². The van der Waals surface area contributed by atoms with E-state index < -0.39 is 11.7 Å². The average Bonchev–Trinajstić information content (AvgIpc) is 3.19. The summed E-state index contributed by atoms with van der Waals surface area (Å²) in [6.07, 6.45) is -1.38. The van der Waals surface area contributed by atoms with Gasteiger partial charge in [-0.05, 0) is 41.5 Å². The number of halogens is 3. The zero-order chi connectivity index (χ0) is 22.7. The Morgan fingerprint density at radius 1 is 1.09 bits per heavy atom. The van der Waals surface area contributed by atoms with Gasteiger partial charge in [0.25, 0.3) is 5.91 Å². The van der Waals surface area contributed by atoms with Crippen LogP contribution in [0.2, 0.25) is 0 Å². The number of hydrogen-bond acceptors (Lipinski definition) is 5. The number of nitrogens with zero attached hydrogens (tertiary/aromatic N) is 4. The van der Waals surface area contributed by atoms with E-state index in [0.29, 0.717) is 36.5 Å². The van der Waals surface area contributed by atoms with Crippen LogP contribution in [-0.4, -0.2) is 20.8 Å². The van der Waals surface area contributed by atoms with Crippen LogP contribution in [0.1, 0.15) is 44.0 Å². The number of pyridine rings is 2. The number of carbonyl (C=O) groups excluding carboxylic acids is 1. The fourth-order valence-corrected chi connectivity index (χ4v) is 3.49.